The van der Waals surface area contributed by atoms with Crippen molar-refractivity contribution in [2.45, 2.75) is 52.7 Å². The second kappa shape index (κ2) is 7.68. The molecule has 25 heavy (non-hydrogen) atoms. The molecule has 0 unspecified atom stereocenters. The first-order valence-corrected chi connectivity index (χ1v) is 8.56. The third-order valence-electron chi connectivity index (χ3n) is 4.37. The first kappa shape index (κ1) is 19.0. The van der Waals surface area contributed by atoms with Crippen molar-refractivity contribution in [3.8, 4) is 0 Å². The SMILES string of the molecule is Cc1ccc(COC(=O)CN2C(=O)N[C@@](C)(CCC(C)C)C2=O)cc1. The molecule has 1 atom stereocenters. The Morgan fingerprint density at radius 3 is 2.48 bits per heavy atom. The molecule has 1 N–H and O–H groups in total. The summed E-state index contributed by atoms with van der Waals surface area (Å²) in [6, 6.07) is 7.07. The predicted molar refractivity (Wildman–Crippen MR) is 93.7 cm³/mol. The molecule has 1 aliphatic rings. The molecule has 3 amide bonds. The normalized spacial score (nSPS) is 20.1. The van der Waals surface area contributed by atoms with Crippen molar-refractivity contribution in [1.82, 2.24) is 10.2 Å². The summed E-state index contributed by atoms with van der Waals surface area (Å²) in [7, 11) is 0. The molecular weight excluding hydrogens is 320 g/mol. The second-order valence-corrected chi connectivity index (χ2v) is 7.23. The van der Waals surface area contributed by atoms with Crippen molar-refractivity contribution in [2.24, 2.45) is 5.92 Å². The molecule has 0 aromatic heterocycles. The predicted octanol–water partition coefficient (Wildman–Crippen LogP) is 2.78. The number of carbonyl (C=O) groups is 3. The number of ether oxygens (including phenoxy) is 1. The maximum atomic E-state index is 12.5. The molecule has 1 fully saturated rings. The van der Waals surface area contributed by atoms with E-state index in [-0.39, 0.29) is 19.1 Å². The Balaban J connectivity index is 1.90. The summed E-state index contributed by atoms with van der Waals surface area (Å²) in [5.74, 6) is -0.544. The maximum absolute atomic E-state index is 12.5. The number of benzene rings is 1. The van der Waals surface area contributed by atoms with Gasteiger partial charge in [-0.15, -0.1) is 0 Å². The van der Waals surface area contributed by atoms with Crippen molar-refractivity contribution in [2.75, 3.05) is 6.54 Å². The van der Waals surface area contributed by atoms with E-state index >= 15 is 0 Å². The molecule has 0 spiro atoms. The Hall–Kier alpha value is -2.37. The van der Waals surface area contributed by atoms with Gasteiger partial charge in [-0.2, -0.15) is 0 Å². The summed E-state index contributed by atoms with van der Waals surface area (Å²) in [5, 5.41) is 2.70. The minimum Gasteiger partial charge on any atom is -0.459 e. The van der Waals surface area contributed by atoms with Crippen molar-refractivity contribution < 1.29 is 19.1 Å². The summed E-state index contributed by atoms with van der Waals surface area (Å²) in [5.41, 5.74) is 1.03. The minimum atomic E-state index is -0.946. The zero-order valence-electron chi connectivity index (χ0n) is 15.3. The smallest absolute Gasteiger partial charge is 0.326 e. The molecule has 1 heterocycles. The molecule has 1 saturated heterocycles. The van der Waals surface area contributed by atoms with Crippen LogP contribution >= 0.6 is 0 Å². The number of urea groups is 1. The van der Waals surface area contributed by atoms with E-state index in [4.69, 9.17) is 4.74 Å². The standard InChI is InChI=1S/C19H26N2O4/c1-13(2)9-10-19(4)17(23)21(18(24)20-19)11-16(22)25-12-15-7-5-14(3)6-8-15/h5-8,13H,9-12H2,1-4H3,(H,20,24)/t19-/m0/s1. The maximum Gasteiger partial charge on any atom is 0.326 e. The molecule has 136 valence electrons. The number of hydrogen-bond acceptors (Lipinski definition) is 4. The van der Waals surface area contributed by atoms with Gasteiger partial charge in [-0.1, -0.05) is 43.7 Å². The molecule has 0 bridgehead atoms. The topological polar surface area (TPSA) is 75.7 Å². The summed E-state index contributed by atoms with van der Waals surface area (Å²) >= 11 is 0. The molecule has 0 aliphatic carbocycles. The molecule has 2 rings (SSSR count). The fraction of sp³-hybridized carbons (Fsp3) is 0.526. The van der Waals surface area contributed by atoms with Gasteiger partial charge in [0.15, 0.2) is 0 Å². The minimum absolute atomic E-state index is 0.118. The highest BCUT2D eigenvalue weighted by molar-refractivity contribution is 6.08. The lowest BCUT2D eigenvalue weighted by molar-refractivity contribution is -0.148. The van der Waals surface area contributed by atoms with Crippen LogP contribution in [-0.4, -0.2) is 34.9 Å². The van der Waals surface area contributed by atoms with Crippen LogP contribution in [0.15, 0.2) is 24.3 Å². The number of nitrogens with one attached hydrogen (secondary N) is 1. The summed E-state index contributed by atoms with van der Waals surface area (Å²) in [6.45, 7) is 7.55. The number of carbonyl (C=O) groups excluding carboxylic acids is 3. The summed E-state index contributed by atoms with van der Waals surface area (Å²) in [6.07, 6.45) is 1.36. The number of amides is 3. The number of esters is 1. The molecule has 1 aliphatic heterocycles. The lowest BCUT2D eigenvalue weighted by atomic mass is 9.92. The van der Waals surface area contributed by atoms with Gasteiger partial charge in [0.05, 0.1) is 0 Å². The largest absolute Gasteiger partial charge is 0.459 e. The van der Waals surface area contributed by atoms with Gasteiger partial charge in [0.25, 0.3) is 5.91 Å². The van der Waals surface area contributed by atoms with E-state index in [0.29, 0.717) is 12.3 Å². The average molecular weight is 346 g/mol. The number of aryl methyl sites for hydroxylation is 1. The number of nitrogens with zero attached hydrogens (tertiary/aromatic N) is 1. The Morgan fingerprint density at radius 1 is 1.24 bits per heavy atom. The Kier molecular flexibility index (Phi) is 5.82. The Labute approximate surface area is 148 Å². The van der Waals surface area contributed by atoms with E-state index < -0.39 is 17.5 Å². The van der Waals surface area contributed by atoms with Crippen LogP contribution in [0.25, 0.3) is 0 Å². The third kappa shape index (κ3) is 4.81. The van der Waals surface area contributed by atoms with Crippen LogP contribution < -0.4 is 5.32 Å². The molecule has 6 nitrogen and oxygen atoms in total. The van der Waals surface area contributed by atoms with Gasteiger partial charge < -0.3 is 10.1 Å². The summed E-state index contributed by atoms with van der Waals surface area (Å²) < 4.78 is 5.18. The first-order valence-electron chi connectivity index (χ1n) is 8.56. The monoisotopic (exact) mass is 346 g/mol. The highest BCUT2D eigenvalue weighted by atomic mass is 16.5. The zero-order chi connectivity index (χ0) is 18.6. The van der Waals surface area contributed by atoms with Crippen molar-refractivity contribution >= 4 is 17.9 Å². The lowest BCUT2D eigenvalue weighted by Gasteiger charge is -2.22. The van der Waals surface area contributed by atoms with E-state index in [0.717, 1.165) is 22.4 Å². The summed E-state index contributed by atoms with van der Waals surface area (Å²) in [4.78, 5) is 37.6. The highest BCUT2D eigenvalue weighted by Crippen LogP contribution is 2.24. The molecule has 6 heteroatoms. The van der Waals surface area contributed by atoms with E-state index in [1.807, 2.05) is 31.2 Å². The van der Waals surface area contributed by atoms with E-state index in [1.54, 1.807) is 6.92 Å². The second-order valence-electron chi connectivity index (χ2n) is 7.23. The van der Waals surface area contributed by atoms with Gasteiger partial charge in [0, 0.05) is 0 Å². The van der Waals surface area contributed by atoms with Crippen LogP contribution in [0.3, 0.4) is 0 Å². The van der Waals surface area contributed by atoms with Gasteiger partial charge in [0.1, 0.15) is 18.7 Å². The van der Waals surface area contributed by atoms with E-state index in [1.165, 1.54) is 0 Å². The van der Waals surface area contributed by atoms with Crippen LogP contribution in [0.1, 0.15) is 44.7 Å². The highest BCUT2D eigenvalue weighted by Gasteiger charge is 2.48. The Bertz CT molecular complexity index is 654. The number of imide groups is 1. The van der Waals surface area contributed by atoms with Gasteiger partial charge in [0.2, 0.25) is 0 Å². The third-order valence-corrected chi connectivity index (χ3v) is 4.37. The molecule has 0 radical (unpaired) electrons. The number of hydrogen-bond donors (Lipinski definition) is 1. The van der Waals surface area contributed by atoms with Crippen molar-refractivity contribution in [3.05, 3.63) is 35.4 Å². The van der Waals surface area contributed by atoms with E-state index in [9.17, 15) is 14.4 Å². The van der Waals surface area contributed by atoms with Crippen molar-refractivity contribution in [3.63, 3.8) is 0 Å². The van der Waals surface area contributed by atoms with Crippen LogP contribution in [0.4, 0.5) is 4.79 Å². The fourth-order valence-electron chi connectivity index (χ4n) is 2.66. The van der Waals surface area contributed by atoms with Gasteiger partial charge in [-0.25, -0.2) is 4.79 Å². The van der Waals surface area contributed by atoms with Crippen LogP contribution in [0.5, 0.6) is 0 Å². The Morgan fingerprint density at radius 2 is 1.88 bits per heavy atom. The molecule has 0 saturated carbocycles. The van der Waals surface area contributed by atoms with Crippen LogP contribution in [-0.2, 0) is 20.9 Å². The van der Waals surface area contributed by atoms with Gasteiger partial charge in [-0.05, 0) is 38.2 Å². The first-order chi connectivity index (χ1) is 11.7. The quantitative estimate of drug-likeness (QED) is 0.608. The average Bonchev–Trinajstić information content (AvgIpc) is 2.76. The van der Waals surface area contributed by atoms with E-state index in [2.05, 4.69) is 19.2 Å². The van der Waals surface area contributed by atoms with Crippen molar-refractivity contribution in [1.29, 1.82) is 0 Å². The molecule has 1 aromatic rings. The van der Waals surface area contributed by atoms with Gasteiger partial charge >= 0.3 is 12.0 Å². The molecule has 1 aromatic carbocycles. The molecular formula is C19H26N2O4. The van der Waals surface area contributed by atoms with Gasteiger partial charge in [-0.3, -0.25) is 14.5 Å². The lowest BCUT2D eigenvalue weighted by Crippen LogP contribution is -2.44. The number of rotatable bonds is 7. The fourth-order valence-corrected chi connectivity index (χ4v) is 2.66. The van der Waals surface area contributed by atoms with Crippen LogP contribution in [0, 0.1) is 12.8 Å². The van der Waals surface area contributed by atoms with Crippen LogP contribution in [0.2, 0.25) is 0 Å². The zero-order valence-corrected chi connectivity index (χ0v) is 15.3.